The number of rotatable bonds is 4. The van der Waals surface area contributed by atoms with Crippen LogP contribution in [0, 0.1) is 0 Å². The maximum atomic E-state index is 12.5. The van der Waals surface area contributed by atoms with Crippen molar-refractivity contribution >= 4 is 33.5 Å². The Morgan fingerprint density at radius 3 is 2.83 bits per heavy atom. The van der Waals surface area contributed by atoms with Crippen LogP contribution in [0.5, 0.6) is 0 Å². The lowest BCUT2D eigenvalue weighted by Gasteiger charge is -2.34. The molecule has 0 bridgehead atoms. The van der Waals surface area contributed by atoms with Gasteiger partial charge in [0.15, 0.2) is 0 Å². The van der Waals surface area contributed by atoms with E-state index < -0.39 is 0 Å². The van der Waals surface area contributed by atoms with Crippen molar-refractivity contribution in [2.24, 2.45) is 0 Å². The van der Waals surface area contributed by atoms with E-state index >= 15 is 0 Å². The number of likely N-dealkylation sites (tertiary alicyclic amines) is 1. The van der Waals surface area contributed by atoms with Crippen molar-refractivity contribution in [3.8, 4) is 0 Å². The van der Waals surface area contributed by atoms with Crippen molar-refractivity contribution in [2.75, 3.05) is 19.6 Å². The summed E-state index contributed by atoms with van der Waals surface area (Å²) in [5, 5.41) is 6.58. The highest BCUT2D eigenvalue weighted by Gasteiger charge is 2.30. The van der Waals surface area contributed by atoms with Crippen molar-refractivity contribution in [1.29, 1.82) is 0 Å². The number of piperidine rings is 1. The summed E-state index contributed by atoms with van der Waals surface area (Å²) in [5.41, 5.74) is 0.995. The van der Waals surface area contributed by atoms with Crippen LogP contribution in [0.25, 0.3) is 10.2 Å². The van der Waals surface area contributed by atoms with Crippen LogP contribution in [0.3, 0.4) is 0 Å². The van der Waals surface area contributed by atoms with Crippen molar-refractivity contribution in [1.82, 2.24) is 20.5 Å². The van der Waals surface area contributed by atoms with E-state index in [2.05, 4.69) is 16.7 Å². The molecule has 6 nitrogen and oxygen atoms in total. The molecule has 1 aromatic carbocycles. The van der Waals surface area contributed by atoms with Gasteiger partial charge in [-0.3, -0.25) is 4.79 Å². The standard InChI is InChI=1S/C17H22N4O2S/c1-12(22)18-9-10-19-17(23)21-11-5-4-7-14(21)16-20-13-6-2-3-8-15(13)24-16/h2-3,6,8,14H,4-5,7,9-11H2,1H3,(H,18,22)(H,19,23)/t14-/m0/s1. The maximum absolute atomic E-state index is 12.5. The fourth-order valence-corrected chi connectivity index (χ4v) is 4.09. The normalized spacial score (nSPS) is 17.7. The van der Waals surface area contributed by atoms with Crippen molar-refractivity contribution in [3.63, 3.8) is 0 Å². The lowest BCUT2D eigenvalue weighted by molar-refractivity contribution is -0.118. The molecule has 0 aliphatic carbocycles. The monoisotopic (exact) mass is 346 g/mol. The van der Waals surface area contributed by atoms with Gasteiger partial charge in [-0.05, 0) is 31.4 Å². The molecule has 1 aromatic heterocycles. The molecule has 1 saturated heterocycles. The molecule has 2 aromatic rings. The number of nitrogens with one attached hydrogen (secondary N) is 2. The molecule has 0 spiro atoms. The first-order chi connectivity index (χ1) is 11.6. The molecule has 3 amide bonds. The first kappa shape index (κ1) is 16.7. The number of carbonyl (C=O) groups is 2. The zero-order valence-electron chi connectivity index (χ0n) is 13.7. The summed E-state index contributed by atoms with van der Waals surface area (Å²) in [5.74, 6) is -0.0884. The highest BCUT2D eigenvalue weighted by molar-refractivity contribution is 7.18. The zero-order valence-corrected chi connectivity index (χ0v) is 14.6. The second kappa shape index (κ2) is 7.61. The number of hydrogen-bond acceptors (Lipinski definition) is 4. The molecule has 2 heterocycles. The molecule has 1 aliphatic rings. The van der Waals surface area contributed by atoms with Gasteiger partial charge in [0, 0.05) is 26.6 Å². The predicted octanol–water partition coefficient (Wildman–Crippen LogP) is 2.67. The van der Waals surface area contributed by atoms with Crippen molar-refractivity contribution in [3.05, 3.63) is 29.3 Å². The van der Waals surface area contributed by atoms with E-state index in [-0.39, 0.29) is 18.0 Å². The van der Waals surface area contributed by atoms with Gasteiger partial charge in [-0.15, -0.1) is 11.3 Å². The van der Waals surface area contributed by atoms with Crippen molar-refractivity contribution in [2.45, 2.75) is 32.2 Å². The first-order valence-corrected chi connectivity index (χ1v) is 9.11. The second-order valence-electron chi connectivity index (χ2n) is 5.94. The number of nitrogens with zero attached hydrogens (tertiary/aromatic N) is 2. The van der Waals surface area contributed by atoms with Gasteiger partial charge in [0.05, 0.1) is 16.3 Å². The van der Waals surface area contributed by atoms with E-state index in [0.29, 0.717) is 13.1 Å². The summed E-state index contributed by atoms with van der Waals surface area (Å²) < 4.78 is 1.16. The van der Waals surface area contributed by atoms with E-state index in [1.165, 1.54) is 6.92 Å². The van der Waals surface area contributed by atoms with Gasteiger partial charge in [-0.1, -0.05) is 12.1 Å². The smallest absolute Gasteiger partial charge is 0.318 e. The molecule has 1 aliphatic heterocycles. The minimum absolute atomic E-state index is 0.0388. The molecule has 24 heavy (non-hydrogen) atoms. The van der Waals surface area contributed by atoms with Crippen LogP contribution in [0.1, 0.15) is 37.2 Å². The molecule has 0 saturated carbocycles. The summed E-state index contributed by atoms with van der Waals surface area (Å²) in [6.45, 7) is 3.09. The summed E-state index contributed by atoms with van der Waals surface area (Å²) in [4.78, 5) is 30.0. The van der Waals surface area contributed by atoms with Crippen LogP contribution in [0.4, 0.5) is 4.79 Å². The Kier molecular flexibility index (Phi) is 5.30. The quantitative estimate of drug-likeness (QED) is 0.836. The molecule has 7 heteroatoms. The van der Waals surface area contributed by atoms with Gasteiger partial charge < -0.3 is 15.5 Å². The van der Waals surface area contributed by atoms with Crippen LogP contribution < -0.4 is 10.6 Å². The third-order valence-corrected chi connectivity index (χ3v) is 5.27. The first-order valence-electron chi connectivity index (χ1n) is 8.29. The lowest BCUT2D eigenvalue weighted by Crippen LogP contribution is -2.46. The molecule has 0 unspecified atom stereocenters. The van der Waals surface area contributed by atoms with Gasteiger partial charge in [-0.2, -0.15) is 0 Å². The van der Waals surface area contributed by atoms with Gasteiger partial charge >= 0.3 is 6.03 Å². The number of thiazole rings is 1. The molecule has 3 rings (SSSR count). The lowest BCUT2D eigenvalue weighted by atomic mass is 10.0. The van der Waals surface area contributed by atoms with Crippen LogP contribution in [-0.2, 0) is 4.79 Å². The van der Waals surface area contributed by atoms with Crippen molar-refractivity contribution < 1.29 is 9.59 Å². The molecule has 128 valence electrons. The van der Waals surface area contributed by atoms with Crippen LogP contribution >= 0.6 is 11.3 Å². The average molecular weight is 346 g/mol. The second-order valence-corrected chi connectivity index (χ2v) is 7.00. The summed E-state index contributed by atoms with van der Waals surface area (Å²) in [6, 6.07) is 8.03. The summed E-state index contributed by atoms with van der Waals surface area (Å²) >= 11 is 1.67. The van der Waals surface area contributed by atoms with Gasteiger partial charge in [0.2, 0.25) is 5.91 Å². The van der Waals surface area contributed by atoms with Crippen LogP contribution in [-0.4, -0.2) is 41.5 Å². The molecular weight excluding hydrogens is 324 g/mol. The number of amides is 3. The van der Waals surface area contributed by atoms with E-state index in [1.807, 2.05) is 23.1 Å². The number of hydrogen-bond donors (Lipinski definition) is 2. The molecule has 0 radical (unpaired) electrons. The van der Waals surface area contributed by atoms with Crippen LogP contribution in [0.15, 0.2) is 24.3 Å². The number of fused-ring (bicyclic) bond motifs is 1. The zero-order chi connectivity index (χ0) is 16.9. The highest BCUT2D eigenvalue weighted by Crippen LogP contribution is 2.35. The Labute approximate surface area is 145 Å². The third kappa shape index (κ3) is 3.84. The minimum atomic E-state index is -0.0884. The average Bonchev–Trinajstić information content (AvgIpc) is 3.02. The Morgan fingerprint density at radius 2 is 2.04 bits per heavy atom. The van der Waals surface area contributed by atoms with E-state index in [9.17, 15) is 9.59 Å². The predicted molar refractivity (Wildman–Crippen MR) is 95.0 cm³/mol. The summed E-state index contributed by atoms with van der Waals surface area (Å²) in [6.07, 6.45) is 3.07. The SMILES string of the molecule is CC(=O)NCCNC(=O)N1CCCC[C@H]1c1nc2ccccc2s1. The minimum Gasteiger partial charge on any atom is -0.355 e. The topological polar surface area (TPSA) is 74.3 Å². The summed E-state index contributed by atoms with van der Waals surface area (Å²) in [7, 11) is 0. The molecule has 1 atom stereocenters. The Morgan fingerprint density at radius 1 is 1.25 bits per heavy atom. The fourth-order valence-electron chi connectivity index (χ4n) is 2.97. The van der Waals surface area contributed by atoms with Gasteiger partial charge in [0.1, 0.15) is 5.01 Å². The number of benzene rings is 1. The van der Waals surface area contributed by atoms with Crippen LogP contribution in [0.2, 0.25) is 0 Å². The van der Waals surface area contributed by atoms with Gasteiger partial charge in [-0.25, -0.2) is 9.78 Å². The molecule has 1 fully saturated rings. The number of aromatic nitrogens is 1. The Balaban J connectivity index is 1.68. The molecular formula is C17H22N4O2S. The Bertz CT molecular complexity index is 697. The fraction of sp³-hybridized carbons (Fsp3) is 0.471. The van der Waals surface area contributed by atoms with E-state index in [4.69, 9.17) is 4.98 Å². The number of para-hydroxylation sites is 1. The van der Waals surface area contributed by atoms with E-state index in [1.54, 1.807) is 11.3 Å². The number of carbonyl (C=O) groups excluding carboxylic acids is 2. The van der Waals surface area contributed by atoms with Gasteiger partial charge in [0.25, 0.3) is 0 Å². The Hall–Kier alpha value is -2.15. The maximum Gasteiger partial charge on any atom is 0.318 e. The third-order valence-electron chi connectivity index (χ3n) is 4.13. The largest absolute Gasteiger partial charge is 0.355 e. The molecule has 2 N–H and O–H groups in total. The van der Waals surface area contributed by atoms with E-state index in [0.717, 1.165) is 41.0 Å². The number of urea groups is 1. The highest BCUT2D eigenvalue weighted by atomic mass is 32.1.